The van der Waals surface area contributed by atoms with E-state index < -0.39 is 6.10 Å². The quantitative estimate of drug-likeness (QED) is 0.379. The Kier molecular flexibility index (Phi) is 5.56. The van der Waals surface area contributed by atoms with Crippen LogP contribution in [-0.4, -0.2) is 30.5 Å². The highest BCUT2D eigenvalue weighted by molar-refractivity contribution is 6.04. The number of aromatic nitrogens is 4. The largest absolute Gasteiger partial charge is 0.389 e. The van der Waals surface area contributed by atoms with Crippen molar-refractivity contribution in [2.24, 2.45) is 0 Å². The van der Waals surface area contributed by atoms with Gasteiger partial charge in [-0.15, -0.1) is 0 Å². The van der Waals surface area contributed by atoms with Crippen molar-refractivity contribution in [3.8, 4) is 22.4 Å². The number of fused-ring (bicyclic) bond motifs is 1. The molecule has 5 rings (SSSR count). The maximum atomic E-state index is 11.1. The van der Waals surface area contributed by atoms with Crippen LogP contribution < -0.4 is 0 Å². The van der Waals surface area contributed by atoms with Crippen LogP contribution in [-0.2, 0) is 13.1 Å². The summed E-state index contributed by atoms with van der Waals surface area (Å²) in [5.41, 5.74) is 6.94. The van der Waals surface area contributed by atoms with Crippen molar-refractivity contribution < 1.29 is 5.11 Å². The zero-order chi connectivity index (χ0) is 22.9. The SMILES string of the molecule is Cc1ccc2c(c1)c(-c1ccccc1)c(-c1ccccc1)n2C[C@@H](O)Cn1nc(C)nc1C. The minimum atomic E-state index is -0.618. The molecule has 0 unspecified atom stereocenters. The Morgan fingerprint density at radius 2 is 1.48 bits per heavy atom. The molecule has 0 aliphatic rings. The van der Waals surface area contributed by atoms with E-state index in [-0.39, 0.29) is 0 Å². The highest BCUT2D eigenvalue weighted by atomic mass is 16.3. The number of nitrogens with zero attached hydrogens (tertiary/aromatic N) is 4. The molecule has 5 aromatic rings. The second-order valence-corrected chi connectivity index (χ2v) is 8.63. The van der Waals surface area contributed by atoms with E-state index in [9.17, 15) is 5.11 Å². The molecular formula is C28H28N4O. The molecule has 5 heteroatoms. The second-order valence-electron chi connectivity index (χ2n) is 8.63. The van der Waals surface area contributed by atoms with Crippen molar-refractivity contribution in [1.29, 1.82) is 0 Å². The third kappa shape index (κ3) is 4.08. The van der Waals surface area contributed by atoms with E-state index in [0.29, 0.717) is 13.1 Å². The van der Waals surface area contributed by atoms with Gasteiger partial charge in [-0.2, -0.15) is 5.10 Å². The van der Waals surface area contributed by atoms with Crippen LogP contribution in [0.2, 0.25) is 0 Å². The van der Waals surface area contributed by atoms with Gasteiger partial charge in [-0.3, -0.25) is 0 Å². The molecule has 0 aliphatic carbocycles. The fourth-order valence-electron chi connectivity index (χ4n) is 4.65. The third-order valence-corrected chi connectivity index (χ3v) is 6.07. The summed E-state index contributed by atoms with van der Waals surface area (Å²) < 4.78 is 4.05. The predicted octanol–water partition coefficient (Wildman–Crippen LogP) is 5.55. The molecule has 0 bridgehead atoms. The van der Waals surface area contributed by atoms with Crippen LogP contribution in [0.4, 0.5) is 0 Å². The maximum Gasteiger partial charge on any atom is 0.147 e. The molecule has 2 heterocycles. The van der Waals surface area contributed by atoms with Crippen molar-refractivity contribution in [2.45, 2.75) is 40.0 Å². The first kappa shape index (κ1) is 21.2. The van der Waals surface area contributed by atoms with Gasteiger partial charge in [0.05, 0.1) is 24.9 Å². The highest BCUT2D eigenvalue weighted by Gasteiger charge is 2.22. The average molecular weight is 437 g/mol. The van der Waals surface area contributed by atoms with Gasteiger partial charge in [-0.05, 0) is 44.0 Å². The zero-order valence-corrected chi connectivity index (χ0v) is 19.2. The van der Waals surface area contributed by atoms with E-state index >= 15 is 0 Å². The topological polar surface area (TPSA) is 55.9 Å². The Morgan fingerprint density at radius 3 is 2.12 bits per heavy atom. The Morgan fingerprint density at radius 1 is 0.818 bits per heavy atom. The van der Waals surface area contributed by atoms with Gasteiger partial charge in [-0.25, -0.2) is 9.67 Å². The number of hydrogen-bond acceptors (Lipinski definition) is 3. The first-order chi connectivity index (χ1) is 16.0. The van der Waals surface area contributed by atoms with Gasteiger partial charge < -0.3 is 9.67 Å². The molecule has 0 spiro atoms. The minimum Gasteiger partial charge on any atom is -0.389 e. The van der Waals surface area contributed by atoms with Crippen molar-refractivity contribution in [2.75, 3.05) is 0 Å². The molecule has 0 aliphatic heterocycles. The summed E-state index contributed by atoms with van der Waals surface area (Å²) in [7, 11) is 0. The zero-order valence-electron chi connectivity index (χ0n) is 19.2. The third-order valence-electron chi connectivity index (χ3n) is 6.07. The lowest BCUT2D eigenvalue weighted by atomic mass is 9.98. The van der Waals surface area contributed by atoms with Gasteiger partial charge in [0.25, 0.3) is 0 Å². The molecule has 5 nitrogen and oxygen atoms in total. The summed E-state index contributed by atoms with van der Waals surface area (Å²) in [5.74, 6) is 1.53. The molecule has 0 amide bonds. The highest BCUT2D eigenvalue weighted by Crippen LogP contribution is 2.41. The number of aliphatic hydroxyl groups is 1. The maximum absolute atomic E-state index is 11.1. The molecular weight excluding hydrogens is 408 g/mol. The van der Waals surface area contributed by atoms with Crippen molar-refractivity contribution in [3.05, 3.63) is 96.1 Å². The van der Waals surface area contributed by atoms with E-state index in [1.54, 1.807) is 4.68 Å². The molecule has 0 saturated carbocycles. The van der Waals surface area contributed by atoms with Crippen LogP contribution in [0.15, 0.2) is 78.9 Å². The van der Waals surface area contributed by atoms with Gasteiger partial charge in [0, 0.05) is 16.5 Å². The summed E-state index contributed by atoms with van der Waals surface area (Å²) in [6, 6.07) is 27.5. The molecule has 1 N–H and O–H groups in total. The first-order valence-corrected chi connectivity index (χ1v) is 11.3. The Balaban J connectivity index is 1.70. The fraction of sp³-hybridized carbons (Fsp3) is 0.214. The smallest absolute Gasteiger partial charge is 0.147 e. The van der Waals surface area contributed by atoms with Gasteiger partial charge in [0.15, 0.2) is 0 Å². The number of benzene rings is 3. The summed E-state index contributed by atoms with van der Waals surface area (Å²) in [6.07, 6.45) is -0.618. The Labute approximate surface area is 194 Å². The first-order valence-electron chi connectivity index (χ1n) is 11.3. The lowest BCUT2D eigenvalue weighted by Gasteiger charge is -2.17. The van der Waals surface area contributed by atoms with E-state index in [4.69, 9.17) is 0 Å². The number of aliphatic hydroxyl groups excluding tert-OH is 1. The molecule has 0 radical (unpaired) electrons. The molecule has 166 valence electrons. The second kappa shape index (κ2) is 8.68. The minimum absolute atomic E-state index is 0.396. The van der Waals surface area contributed by atoms with E-state index in [1.165, 1.54) is 22.1 Å². The van der Waals surface area contributed by atoms with Crippen LogP contribution in [0.5, 0.6) is 0 Å². The van der Waals surface area contributed by atoms with Crippen molar-refractivity contribution in [3.63, 3.8) is 0 Å². The van der Waals surface area contributed by atoms with Crippen LogP contribution in [0, 0.1) is 20.8 Å². The molecule has 0 fully saturated rings. The van der Waals surface area contributed by atoms with Crippen LogP contribution >= 0.6 is 0 Å². The van der Waals surface area contributed by atoms with Gasteiger partial charge in [0.2, 0.25) is 0 Å². The Bertz CT molecular complexity index is 1400. The number of aryl methyl sites for hydroxylation is 3. The number of rotatable bonds is 6. The average Bonchev–Trinajstić information content (AvgIpc) is 3.30. The van der Waals surface area contributed by atoms with Gasteiger partial charge in [0.1, 0.15) is 11.6 Å². The van der Waals surface area contributed by atoms with Gasteiger partial charge in [-0.1, -0.05) is 72.3 Å². The standard InChI is InChI=1S/C28H28N4O/c1-19-14-15-26-25(16-19)27(22-10-6-4-7-11-22)28(23-12-8-5-9-13-23)31(26)17-24(33)18-32-21(3)29-20(2)30-32/h4-16,24,33H,17-18H2,1-3H3/t24-/m1/s1. The van der Waals surface area contributed by atoms with E-state index in [2.05, 4.69) is 88.3 Å². The molecule has 1 atom stereocenters. The normalized spacial score (nSPS) is 12.4. The Hall–Kier alpha value is -3.70. The molecule has 33 heavy (non-hydrogen) atoms. The van der Waals surface area contributed by atoms with Gasteiger partial charge >= 0.3 is 0 Å². The lowest BCUT2D eigenvalue weighted by molar-refractivity contribution is 0.131. The summed E-state index contributed by atoms with van der Waals surface area (Å²) >= 11 is 0. The predicted molar refractivity (Wildman–Crippen MR) is 133 cm³/mol. The molecule has 0 saturated heterocycles. The summed E-state index contributed by atoms with van der Waals surface area (Å²) in [4.78, 5) is 4.37. The van der Waals surface area contributed by atoms with Crippen LogP contribution in [0.25, 0.3) is 33.3 Å². The van der Waals surface area contributed by atoms with Crippen LogP contribution in [0.3, 0.4) is 0 Å². The molecule has 2 aromatic heterocycles. The lowest BCUT2D eigenvalue weighted by Crippen LogP contribution is -2.24. The number of hydrogen-bond donors (Lipinski definition) is 1. The fourth-order valence-corrected chi connectivity index (χ4v) is 4.65. The monoisotopic (exact) mass is 436 g/mol. The summed E-state index contributed by atoms with van der Waals surface area (Å²) in [6.45, 7) is 6.77. The van der Waals surface area contributed by atoms with E-state index in [0.717, 1.165) is 28.4 Å². The van der Waals surface area contributed by atoms with Crippen LogP contribution in [0.1, 0.15) is 17.2 Å². The van der Waals surface area contributed by atoms with E-state index in [1.807, 2.05) is 26.0 Å². The summed E-state index contributed by atoms with van der Waals surface area (Å²) in [5, 5.41) is 16.8. The molecule has 3 aromatic carbocycles. The van der Waals surface area contributed by atoms with Crippen molar-refractivity contribution in [1.82, 2.24) is 19.3 Å². The van der Waals surface area contributed by atoms with Crippen molar-refractivity contribution >= 4 is 10.9 Å².